The fraction of sp³-hybridized carbons (Fsp3) is 0.538. The maximum atomic E-state index is 10.9. The normalized spacial score (nSPS) is 13.3. The molecule has 0 aliphatic rings. The molecule has 0 saturated carbocycles. The van der Waals surface area contributed by atoms with Gasteiger partial charge in [-0.15, -0.1) is 0 Å². The lowest BCUT2D eigenvalue weighted by atomic mass is 10.0. The van der Waals surface area contributed by atoms with Crippen molar-refractivity contribution in [2.45, 2.75) is 25.8 Å². The third-order valence-electron chi connectivity index (χ3n) is 2.67. The zero-order valence-electron chi connectivity index (χ0n) is 10.9. The van der Waals surface area contributed by atoms with E-state index in [0.29, 0.717) is 5.75 Å². The van der Waals surface area contributed by atoms with Gasteiger partial charge < -0.3 is 10.5 Å². The van der Waals surface area contributed by atoms with Crippen molar-refractivity contribution >= 4 is 9.84 Å². The second kappa shape index (κ2) is 6.75. The summed E-state index contributed by atoms with van der Waals surface area (Å²) in [6, 6.07) is 7.80. The van der Waals surface area contributed by atoms with Crippen molar-refractivity contribution in [3.05, 3.63) is 29.8 Å². The molecular formula is C13H21NO3S. The lowest BCUT2D eigenvalue weighted by Gasteiger charge is -2.10. The number of hydrogen-bond donors (Lipinski definition) is 1. The summed E-state index contributed by atoms with van der Waals surface area (Å²) >= 11 is 0. The maximum absolute atomic E-state index is 10.9. The van der Waals surface area contributed by atoms with Crippen LogP contribution in [0.3, 0.4) is 0 Å². The molecule has 1 aromatic rings. The molecule has 0 aliphatic heterocycles. The fourth-order valence-corrected chi connectivity index (χ4v) is 1.87. The molecule has 1 rings (SSSR count). The number of hydrogen-bond acceptors (Lipinski definition) is 4. The molecule has 0 aliphatic carbocycles. The van der Waals surface area contributed by atoms with Crippen LogP contribution in [0.4, 0.5) is 0 Å². The Balaban J connectivity index is 2.45. The number of rotatable bonds is 7. The molecule has 0 saturated heterocycles. The first kappa shape index (κ1) is 15.0. The molecule has 2 N–H and O–H groups in total. The molecule has 1 unspecified atom stereocenters. The first-order valence-electron chi connectivity index (χ1n) is 6.05. The molecule has 4 nitrogen and oxygen atoms in total. The van der Waals surface area contributed by atoms with Crippen LogP contribution in [0.25, 0.3) is 0 Å². The smallest absolute Gasteiger partial charge is 0.150 e. The van der Waals surface area contributed by atoms with Crippen molar-refractivity contribution in [3.8, 4) is 5.75 Å². The van der Waals surface area contributed by atoms with Crippen LogP contribution < -0.4 is 10.5 Å². The van der Waals surface area contributed by atoms with Crippen molar-refractivity contribution in [2.24, 2.45) is 5.73 Å². The Hall–Kier alpha value is -1.07. The van der Waals surface area contributed by atoms with Crippen molar-refractivity contribution in [1.29, 1.82) is 0 Å². The second-order valence-electron chi connectivity index (χ2n) is 4.49. The van der Waals surface area contributed by atoms with E-state index in [-0.39, 0.29) is 18.4 Å². The van der Waals surface area contributed by atoms with E-state index in [9.17, 15) is 8.42 Å². The summed E-state index contributed by atoms with van der Waals surface area (Å²) in [4.78, 5) is 0. The lowest BCUT2D eigenvalue weighted by Crippen LogP contribution is -2.21. The van der Waals surface area contributed by atoms with E-state index >= 15 is 0 Å². The van der Waals surface area contributed by atoms with Gasteiger partial charge in [-0.25, -0.2) is 8.42 Å². The van der Waals surface area contributed by atoms with Crippen LogP contribution in [-0.4, -0.2) is 33.1 Å². The maximum Gasteiger partial charge on any atom is 0.150 e. The van der Waals surface area contributed by atoms with Crippen molar-refractivity contribution in [2.75, 3.05) is 18.6 Å². The summed E-state index contributed by atoms with van der Waals surface area (Å²) in [5.41, 5.74) is 7.04. The molecule has 18 heavy (non-hydrogen) atoms. The van der Waals surface area contributed by atoms with Gasteiger partial charge in [0.15, 0.2) is 9.84 Å². The van der Waals surface area contributed by atoms with Crippen LogP contribution in [0, 0.1) is 0 Å². The average molecular weight is 271 g/mol. The van der Waals surface area contributed by atoms with Crippen LogP contribution in [-0.2, 0) is 16.3 Å². The summed E-state index contributed by atoms with van der Waals surface area (Å²) in [5.74, 6) is 0.725. The van der Waals surface area contributed by atoms with E-state index in [1.807, 2.05) is 24.3 Å². The van der Waals surface area contributed by atoms with E-state index in [1.165, 1.54) is 11.8 Å². The van der Waals surface area contributed by atoms with E-state index < -0.39 is 9.84 Å². The highest BCUT2D eigenvalue weighted by Crippen LogP contribution is 2.13. The molecule has 1 atom stereocenters. The van der Waals surface area contributed by atoms with Crippen LogP contribution in [0.5, 0.6) is 5.75 Å². The first-order chi connectivity index (χ1) is 8.40. The Morgan fingerprint density at radius 2 is 1.89 bits per heavy atom. The van der Waals surface area contributed by atoms with Crippen molar-refractivity contribution < 1.29 is 13.2 Å². The van der Waals surface area contributed by atoms with Crippen LogP contribution >= 0.6 is 0 Å². The lowest BCUT2D eigenvalue weighted by molar-refractivity contribution is 0.341. The Morgan fingerprint density at radius 1 is 1.28 bits per heavy atom. The van der Waals surface area contributed by atoms with E-state index in [2.05, 4.69) is 6.92 Å². The summed E-state index contributed by atoms with van der Waals surface area (Å²) < 4.78 is 27.2. The van der Waals surface area contributed by atoms with E-state index in [0.717, 1.165) is 12.8 Å². The van der Waals surface area contributed by atoms with Gasteiger partial charge in [0, 0.05) is 12.3 Å². The summed E-state index contributed by atoms with van der Waals surface area (Å²) in [5, 5.41) is 0. The molecule has 0 bridgehead atoms. The zero-order valence-corrected chi connectivity index (χ0v) is 11.7. The quantitative estimate of drug-likeness (QED) is 0.813. The number of sulfone groups is 1. The molecule has 5 heteroatoms. The second-order valence-corrected chi connectivity index (χ2v) is 6.75. The Bertz CT molecular complexity index is 454. The highest BCUT2D eigenvalue weighted by atomic mass is 32.2. The number of benzene rings is 1. The van der Waals surface area contributed by atoms with Gasteiger partial charge in [0.25, 0.3) is 0 Å². The van der Waals surface area contributed by atoms with Gasteiger partial charge in [-0.05, 0) is 30.5 Å². The molecule has 102 valence electrons. The van der Waals surface area contributed by atoms with Crippen molar-refractivity contribution in [3.63, 3.8) is 0 Å². The molecule has 1 aromatic carbocycles. The van der Waals surface area contributed by atoms with Gasteiger partial charge in [-0.2, -0.15) is 0 Å². The monoisotopic (exact) mass is 271 g/mol. The topological polar surface area (TPSA) is 69.4 Å². The predicted molar refractivity (Wildman–Crippen MR) is 73.6 cm³/mol. The van der Waals surface area contributed by atoms with Gasteiger partial charge in [0.05, 0.1) is 5.75 Å². The molecule has 0 heterocycles. The Kier molecular flexibility index (Phi) is 5.62. The molecule has 0 fully saturated rings. The standard InChI is InChI=1S/C13H21NO3S/c1-3-12(14)10-11-4-6-13(7-5-11)17-8-9-18(2,15)16/h4-7,12H,3,8-10,14H2,1-2H3. The minimum absolute atomic E-state index is 0.0372. The van der Waals surface area contributed by atoms with Crippen LogP contribution in [0.1, 0.15) is 18.9 Å². The number of nitrogens with two attached hydrogens (primary N) is 1. The molecular weight excluding hydrogens is 250 g/mol. The van der Waals surface area contributed by atoms with Crippen LogP contribution in [0.2, 0.25) is 0 Å². The zero-order chi connectivity index (χ0) is 13.6. The molecule has 0 amide bonds. The van der Waals surface area contributed by atoms with Crippen molar-refractivity contribution in [1.82, 2.24) is 0 Å². The highest BCUT2D eigenvalue weighted by molar-refractivity contribution is 7.90. The predicted octanol–water partition coefficient (Wildman–Crippen LogP) is 1.39. The Labute approximate surface area is 109 Å². The Morgan fingerprint density at radius 3 is 2.39 bits per heavy atom. The third kappa shape index (κ3) is 6.02. The minimum Gasteiger partial charge on any atom is -0.493 e. The third-order valence-corrected chi connectivity index (χ3v) is 3.58. The summed E-state index contributed by atoms with van der Waals surface area (Å²) in [7, 11) is -2.96. The summed E-state index contributed by atoms with van der Waals surface area (Å²) in [6.07, 6.45) is 3.00. The molecule has 0 aromatic heterocycles. The fourth-order valence-electron chi connectivity index (χ4n) is 1.48. The minimum atomic E-state index is -2.96. The summed E-state index contributed by atoms with van der Waals surface area (Å²) in [6.45, 7) is 2.25. The van der Waals surface area contributed by atoms with Gasteiger partial charge in [-0.3, -0.25) is 0 Å². The largest absolute Gasteiger partial charge is 0.493 e. The van der Waals surface area contributed by atoms with Gasteiger partial charge in [0.2, 0.25) is 0 Å². The van der Waals surface area contributed by atoms with E-state index in [1.54, 1.807) is 0 Å². The molecule has 0 spiro atoms. The average Bonchev–Trinajstić information content (AvgIpc) is 2.29. The van der Waals surface area contributed by atoms with Gasteiger partial charge in [-0.1, -0.05) is 19.1 Å². The van der Waals surface area contributed by atoms with Crippen LogP contribution in [0.15, 0.2) is 24.3 Å². The number of ether oxygens (including phenoxy) is 1. The van der Waals surface area contributed by atoms with Gasteiger partial charge in [0.1, 0.15) is 12.4 Å². The first-order valence-corrected chi connectivity index (χ1v) is 8.12. The molecule has 0 radical (unpaired) electrons. The van der Waals surface area contributed by atoms with E-state index in [4.69, 9.17) is 10.5 Å². The SMILES string of the molecule is CCC(N)Cc1ccc(OCCS(C)(=O)=O)cc1. The highest BCUT2D eigenvalue weighted by Gasteiger charge is 2.04. The van der Waals surface area contributed by atoms with Gasteiger partial charge >= 0.3 is 0 Å².